The lowest BCUT2D eigenvalue weighted by Crippen LogP contribution is -3.00. The molecule has 2 amide bonds. The number of unbranched alkanes of at least 4 members (excludes halogenated alkanes) is 7. The molecule has 1 heterocycles. The molecule has 1 aliphatic rings. The summed E-state index contributed by atoms with van der Waals surface area (Å²) in [5.41, 5.74) is 1.06. The Morgan fingerprint density at radius 3 is 1.19 bits per heavy atom. The number of amides is 2. The summed E-state index contributed by atoms with van der Waals surface area (Å²) < 4.78 is 16.5. The second kappa shape index (κ2) is 17.5. The standard InChI is InChI=1S/C39H45NO5P.BrH/c1-43-30-16-22-33(23-17-30)46(34-24-18-31(44-2)19-25-34,35-26-20-32(45-3)21-27-35)29-13-9-7-5-4-6-8-12-28-40-38(41)36-14-10-11-15-37(36)39(40)42;/h10-11,14-27H,4-9,12-13,28-29H2,1-3H3;1H/q+1;/p-1. The highest BCUT2D eigenvalue weighted by atomic mass is 79.9. The van der Waals surface area contributed by atoms with Crippen LogP contribution in [0.3, 0.4) is 0 Å². The number of carbonyl (C=O) groups excluding carboxylic acids is 2. The van der Waals surface area contributed by atoms with Gasteiger partial charge in [0, 0.05) is 6.54 Å². The molecule has 5 rings (SSSR count). The summed E-state index contributed by atoms with van der Waals surface area (Å²) in [7, 11) is 3.14. The van der Waals surface area contributed by atoms with Crippen molar-refractivity contribution in [2.75, 3.05) is 34.0 Å². The average molecular weight is 719 g/mol. The molecule has 0 N–H and O–H groups in total. The number of nitrogens with zero attached hydrogens (tertiary/aromatic N) is 1. The molecular formula is C39H45BrNO5P. The maximum absolute atomic E-state index is 12.6. The van der Waals surface area contributed by atoms with Gasteiger partial charge in [-0.1, -0.05) is 44.2 Å². The number of halogens is 1. The second-order valence-corrected chi connectivity index (χ2v) is 15.4. The van der Waals surface area contributed by atoms with Crippen LogP contribution in [0.15, 0.2) is 97.1 Å². The van der Waals surface area contributed by atoms with Crippen molar-refractivity contribution in [2.45, 2.75) is 51.4 Å². The topological polar surface area (TPSA) is 65.1 Å². The van der Waals surface area contributed by atoms with Crippen LogP contribution >= 0.6 is 7.26 Å². The predicted octanol–water partition coefficient (Wildman–Crippen LogP) is 4.43. The first-order valence-electron chi connectivity index (χ1n) is 16.3. The summed E-state index contributed by atoms with van der Waals surface area (Å²) in [5, 5.41) is 4.00. The van der Waals surface area contributed by atoms with E-state index in [1.165, 1.54) is 40.1 Å². The van der Waals surface area contributed by atoms with Crippen LogP contribution in [0, 0.1) is 0 Å². The molecule has 8 heteroatoms. The number of hydrogen-bond donors (Lipinski definition) is 0. The summed E-state index contributed by atoms with van der Waals surface area (Å²) >= 11 is 0. The lowest BCUT2D eigenvalue weighted by Gasteiger charge is -2.28. The number of carbonyl (C=O) groups is 2. The Morgan fingerprint density at radius 2 is 0.830 bits per heavy atom. The second-order valence-electron chi connectivity index (χ2n) is 11.8. The van der Waals surface area contributed by atoms with Gasteiger partial charge < -0.3 is 31.2 Å². The van der Waals surface area contributed by atoms with E-state index in [0.29, 0.717) is 17.7 Å². The SMILES string of the molecule is COc1ccc([P+](CCCCCCCCCCN2C(=O)c3ccccc3C2=O)(c2ccc(OC)cc2)c2ccc(OC)cc2)cc1.[Br-]. The van der Waals surface area contributed by atoms with Crippen LogP contribution < -0.4 is 47.1 Å². The minimum atomic E-state index is -1.98. The summed E-state index contributed by atoms with van der Waals surface area (Å²) in [6.45, 7) is 0.500. The van der Waals surface area contributed by atoms with Gasteiger partial charge in [-0.15, -0.1) is 0 Å². The minimum Gasteiger partial charge on any atom is -1.00 e. The number of imide groups is 1. The Bertz CT molecular complexity index is 1440. The van der Waals surface area contributed by atoms with Crippen molar-refractivity contribution in [3.63, 3.8) is 0 Å². The van der Waals surface area contributed by atoms with Crippen molar-refractivity contribution in [3.05, 3.63) is 108 Å². The molecule has 0 fully saturated rings. The van der Waals surface area contributed by atoms with Crippen LogP contribution in [0.2, 0.25) is 0 Å². The summed E-state index contributed by atoms with van der Waals surface area (Å²) in [6.07, 6.45) is 9.88. The van der Waals surface area contributed by atoms with Crippen LogP contribution in [0.5, 0.6) is 17.2 Å². The van der Waals surface area contributed by atoms with Crippen molar-refractivity contribution in [2.24, 2.45) is 0 Å². The maximum atomic E-state index is 12.6. The first kappa shape index (κ1) is 36.2. The molecule has 0 bridgehead atoms. The van der Waals surface area contributed by atoms with Gasteiger partial charge in [-0.05, 0) is 104 Å². The highest BCUT2D eigenvalue weighted by Crippen LogP contribution is 2.56. The normalized spacial score (nSPS) is 12.4. The summed E-state index contributed by atoms with van der Waals surface area (Å²) in [4.78, 5) is 26.6. The Hall–Kier alpha value is -3.67. The van der Waals surface area contributed by atoms with Crippen molar-refractivity contribution in [1.82, 2.24) is 4.90 Å². The van der Waals surface area contributed by atoms with Gasteiger partial charge in [-0.3, -0.25) is 14.5 Å². The number of hydrogen-bond acceptors (Lipinski definition) is 5. The molecule has 0 unspecified atom stereocenters. The summed E-state index contributed by atoms with van der Waals surface area (Å²) in [6, 6.07) is 33.0. The number of methoxy groups -OCH3 is 3. The molecule has 0 atom stereocenters. The van der Waals surface area contributed by atoms with Crippen LogP contribution in [0.25, 0.3) is 0 Å². The third-order valence-electron chi connectivity index (χ3n) is 9.04. The zero-order chi connectivity index (χ0) is 32.4. The van der Waals surface area contributed by atoms with Crippen LogP contribution in [0.1, 0.15) is 72.1 Å². The van der Waals surface area contributed by atoms with E-state index in [1.54, 1.807) is 33.5 Å². The fourth-order valence-corrected chi connectivity index (χ4v) is 10.8. The molecule has 4 aromatic carbocycles. The lowest BCUT2D eigenvalue weighted by molar-refractivity contribution is -0.0000333. The molecule has 0 aromatic heterocycles. The lowest BCUT2D eigenvalue weighted by atomic mass is 10.1. The Morgan fingerprint density at radius 1 is 0.489 bits per heavy atom. The monoisotopic (exact) mass is 717 g/mol. The molecule has 47 heavy (non-hydrogen) atoms. The van der Waals surface area contributed by atoms with Crippen molar-refractivity contribution < 1.29 is 40.8 Å². The average Bonchev–Trinajstić information content (AvgIpc) is 3.36. The van der Waals surface area contributed by atoms with E-state index in [1.807, 2.05) is 12.1 Å². The molecular weight excluding hydrogens is 673 g/mol. The van der Waals surface area contributed by atoms with Crippen LogP contribution in [-0.4, -0.2) is 50.8 Å². The number of fused-ring (bicyclic) bond motifs is 1. The van der Waals surface area contributed by atoms with E-state index >= 15 is 0 Å². The number of ether oxygens (including phenoxy) is 3. The van der Waals surface area contributed by atoms with Crippen molar-refractivity contribution in [3.8, 4) is 17.2 Å². The van der Waals surface area contributed by atoms with E-state index in [4.69, 9.17) is 14.2 Å². The van der Waals surface area contributed by atoms with E-state index in [0.717, 1.165) is 55.5 Å². The highest BCUT2D eigenvalue weighted by Gasteiger charge is 2.45. The fraction of sp³-hybridized carbons (Fsp3) is 0.333. The van der Waals surface area contributed by atoms with E-state index in [2.05, 4.69) is 72.8 Å². The first-order valence-corrected chi connectivity index (χ1v) is 18.3. The van der Waals surface area contributed by atoms with Gasteiger partial charge in [0.1, 0.15) is 40.4 Å². The maximum Gasteiger partial charge on any atom is 0.261 e. The van der Waals surface area contributed by atoms with E-state index in [9.17, 15) is 9.59 Å². The van der Waals surface area contributed by atoms with Gasteiger partial charge >= 0.3 is 0 Å². The molecule has 0 saturated heterocycles. The van der Waals surface area contributed by atoms with E-state index in [-0.39, 0.29) is 28.8 Å². The highest BCUT2D eigenvalue weighted by molar-refractivity contribution is 7.95. The third-order valence-corrected chi connectivity index (χ3v) is 13.6. The largest absolute Gasteiger partial charge is 1.00 e. The van der Waals surface area contributed by atoms with E-state index < -0.39 is 7.26 Å². The predicted molar refractivity (Wildman–Crippen MR) is 188 cm³/mol. The zero-order valence-corrected chi connectivity index (χ0v) is 30.1. The first-order chi connectivity index (χ1) is 22.5. The zero-order valence-electron chi connectivity index (χ0n) is 27.6. The molecule has 0 spiro atoms. The molecule has 0 saturated carbocycles. The van der Waals surface area contributed by atoms with Crippen LogP contribution in [0.4, 0.5) is 0 Å². The number of rotatable bonds is 17. The Balaban J connectivity index is 0.00000500. The van der Waals surface area contributed by atoms with Crippen LogP contribution in [-0.2, 0) is 0 Å². The number of benzene rings is 4. The van der Waals surface area contributed by atoms with Gasteiger partial charge in [-0.2, -0.15) is 0 Å². The molecule has 4 aromatic rings. The van der Waals surface area contributed by atoms with Gasteiger partial charge in [0.25, 0.3) is 11.8 Å². The van der Waals surface area contributed by atoms with Gasteiger partial charge in [0.15, 0.2) is 0 Å². The quantitative estimate of drug-likeness (QED) is 0.0920. The fourth-order valence-electron chi connectivity index (χ4n) is 6.47. The van der Waals surface area contributed by atoms with Gasteiger partial charge in [0.2, 0.25) is 0 Å². The molecule has 0 aliphatic carbocycles. The molecule has 248 valence electrons. The molecule has 6 nitrogen and oxygen atoms in total. The summed E-state index contributed by atoms with van der Waals surface area (Å²) in [5.74, 6) is 2.26. The van der Waals surface area contributed by atoms with Crippen molar-refractivity contribution >= 4 is 35.0 Å². The smallest absolute Gasteiger partial charge is 0.261 e. The minimum absolute atomic E-state index is 0. The third kappa shape index (κ3) is 8.25. The van der Waals surface area contributed by atoms with Crippen molar-refractivity contribution in [1.29, 1.82) is 0 Å². The van der Waals surface area contributed by atoms with Gasteiger partial charge in [0.05, 0.1) is 38.6 Å². The molecule has 0 radical (unpaired) electrons. The Labute approximate surface area is 290 Å². The molecule has 1 aliphatic heterocycles. The Kier molecular flexibility index (Phi) is 13.4. The van der Waals surface area contributed by atoms with Gasteiger partial charge in [-0.25, -0.2) is 0 Å².